The van der Waals surface area contributed by atoms with E-state index in [-0.39, 0.29) is 12.3 Å². The average Bonchev–Trinajstić information content (AvgIpc) is 2.66. The topological polar surface area (TPSA) is 66.4 Å². The average molecular weight is 418 g/mol. The minimum Gasteiger partial charge on any atom is -0.481 e. The van der Waals surface area contributed by atoms with Crippen molar-refractivity contribution in [1.82, 2.24) is 5.32 Å². The molecule has 1 fully saturated rings. The number of hydrogen-bond donors (Lipinski definition) is 2. The van der Waals surface area contributed by atoms with E-state index in [1.54, 1.807) is 21.6 Å². The lowest BCUT2D eigenvalue weighted by Crippen LogP contribution is -2.27. The molecule has 27 heavy (non-hydrogen) atoms. The molecule has 0 heterocycles. The zero-order valence-electron chi connectivity index (χ0n) is 16.9. The lowest BCUT2D eigenvalue weighted by molar-refractivity contribution is -0.137. The van der Waals surface area contributed by atoms with E-state index < -0.39 is 5.97 Å². The van der Waals surface area contributed by atoms with Crippen LogP contribution in [0.3, 0.4) is 0 Å². The molecule has 1 rings (SSSR count). The Morgan fingerprint density at radius 2 is 1.33 bits per heavy atom. The van der Waals surface area contributed by atoms with Crippen LogP contribution < -0.4 is 5.32 Å². The SMILES string of the molecule is O=C(O)CCCSSCCNC(=O)CC1CCCCCCCCCCCC1. The van der Waals surface area contributed by atoms with Crippen molar-refractivity contribution < 1.29 is 14.7 Å². The summed E-state index contributed by atoms with van der Waals surface area (Å²) in [6, 6.07) is 0. The molecule has 1 amide bonds. The van der Waals surface area contributed by atoms with Gasteiger partial charge in [-0.2, -0.15) is 0 Å². The number of nitrogens with one attached hydrogen (secondary N) is 1. The van der Waals surface area contributed by atoms with Crippen molar-refractivity contribution in [3.05, 3.63) is 0 Å². The quantitative estimate of drug-likeness (QED) is 0.334. The number of carbonyl (C=O) groups excluding carboxylic acids is 1. The van der Waals surface area contributed by atoms with Crippen LogP contribution in [-0.4, -0.2) is 35.0 Å². The highest BCUT2D eigenvalue weighted by Gasteiger charge is 2.14. The molecule has 158 valence electrons. The third-order valence-corrected chi connectivity index (χ3v) is 7.65. The van der Waals surface area contributed by atoms with Crippen LogP contribution in [0.15, 0.2) is 0 Å². The smallest absolute Gasteiger partial charge is 0.303 e. The Balaban J connectivity index is 2.11. The summed E-state index contributed by atoms with van der Waals surface area (Å²) in [5.74, 6) is 1.78. The van der Waals surface area contributed by atoms with Gasteiger partial charge in [0.1, 0.15) is 0 Å². The number of carboxylic acids is 1. The summed E-state index contributed by atoms with van der Waals surface area (Å²) in [5.41, 5.74) is 0. The van der Waals surface area contributed by atoms with E-state index in [2.05, 4.69) is 5.32 Å². The highest BCUT2D eigenvalue weighted by atomic mass is 33.1. The molecule has 0 bridgehead atoms. The van der Waals surface area contributed by atoms with E-state index in [1.807, 2.05) is 0 Å². The summed E-state index contributed by atoms with van der Waals surface area (Å²) in [5, 5.41) is 11.7. The summed E-state index contributed by atoms with van der Waals surface area (Å²) in [6.07, 6.45) is 17.6. The minimum atomic E-state index is -0.727. The van der Waals surface area contributed by atoms with Crippen molar-refractivity contribution >= 4 is 33.5 Å². The molecule has 2 N–H and O–H groups in total. The maximum atomic E-state index is 12.3. The maximum Gasteiger partial charge on any atom is 0.303 e. The first-order valence-electron chi connectivity index (χ1n) is 10.9. The molecule has 0 radical (unpaired) electrons. The second-order valence-corrected chi connectivity index (χ2v) is 10.4. The van der Waals surface area contributed by atoms with Crippen molar-refractivity contribution in [3.8, 4) is 0 Å². The second kappa shape index (κ2) is 17.7. The standard InChI is InChI=1S/C21H39NO3S2/c23-20(22-15-17-27-26-16-11-14-21(24)25)18-19-12-9-7-5-3-1-2-4-6-8-10-13-19/h19H,1-18H2,(H,22,23)(H,24,25). The van der Waals surface area contributed by atoms with Crippen LogP contribution in [-0.2, 0) is 9.59 Å². The van der Waals surface area contributed by atoms with Gasteiger partial charge in [0, 0.05) is 30.9 Å². The first-order chi connectivity index (χ1) is 13.2. The van der Waals surface area contributed by atoms with Gasteiger partial charge in [0.25, 0.3) is 0 Å². The van der Waals surface area contributed by atoms with Gasteiger partial charge in [-0.15, -0.1) is 0 Å². The highest BCUT2D eigenvalue weighted by molar-refractivity contribution is 8.76. The lowest BCUT2D eigenvalue weighted by atomic mass is 9.91. The van der Waals surface area contributed by atoms with E-state index in [1.165, 1.54) is 77.0 Å². The molecule has 0 saturated heterocycles. The van der Waals surface area contributed by atoms with Crippen molar-refractivity contribution in [2.45, 2.75) is 96.3 Å². The van der Waals surface area contributed by atoms with Crippen molar-refractivity contribution in [1.29, 1.82) is 0 Å². The van der Waals surface area contributed by atoms with E-state index in [9.17, 15) is 9.59 Å². The van der Waals surface area contributed by atoms with Gasteiger partial charge in [-0.1, -0.05) is 85.8 Å². The van der Waals surface area contributed by atoms with Crippen LogP contribution in [0.4, 0.5) is 0 Å². The third kappa shape index (κ3) is 16.3. The minimum absolute atomic E-state index is 0.209. The second-order valence-electron chi connectivity index (χ2n) is 7.67. The molecule has 0 atom stereocenters. The molecule has 0 aromatic rings. The number of rotatable bonds is 10. The van der Waals surface area contributed by atoms with Gasteiger partial charge in [-0.3, -0.25) is 9.59 Å². The van der Waals surface area contributed by atoms with Crippen LogP contribution >= 0.6 is 21.6 Å². The Morgan fingerprint density at radius 1 is 0.815 bits per heavy atom. The summed E-state index contributed by atoms with van der Waals surface area (Å²) in [4.78, 5) is 22.7. The molecule has 0 aromatic heterocycles. The molecule has 0 unspecified atom stereocenters. The first-order valence-corrected chi connectivity index (χ1v) is 13.4. The Morgan fingerprint density at radius 3 is 1.89 bits per heavy atom. The summed E-state index contributed by atoms with van der Waals surface area (Å²) in [6.45, 7) is 0.710. The highest BCUT2D eigenvalue weighted by Crippen LogP contribution is 2.24. The van der Waals surface area contributed by atoms with Gasteiger partial charge in [0.2, 0.25) is 5.91 Å². The predicted octanol–water partition coefficient (Wildman–Crippen LogP) is 6.05. The monoisotopic (exact) mass is 417 g/mol. The first kappa shape index (κ1) is 24.7. The normalized spacial score (nSPS) is 18.1. The van der Waals surface area contributed by atoms with Crippen LogP contribution in [0, 0.1) is 5.92 Å². The van der Waals surface area contributed by atoms with E-state index in [0.29, 0.717) is 25.3 Å². The molecule has 4 nitrogen and oxygen atoms in total. The maximum absolute atomic E-state index is 12.3. The lowest BCUT2D eigenvalue weighted by Gasteiger charge is -2.16. The van der Waals surface area contributed by atoms with Crippen molar-refractivity contribution in [3.63, 3.8) is 0 Å². The number of amides is 1. The van der Waals surface area contributed by atoms with E-state index in [0.717, 1.165) is 11.5 Å². The summed E-state index contributed by atoms with van der Waals surface area (Å²) < 4.78 is 0. The molecule has 0 spiro atoms. The van der Waals surface area contributed by atoms with Crippen molar-refractivity contribution in [2.24, 2.45) is 5.92 Å². The number of carbonyl (C=O) groups is 2. The van der Waals surface area contributed by atoms with Gasteiger partial charge in [0.05, 0.1) is 0 Å². The molecule has 0 aliphatic heterocycles. The zero-order valence-corrected chi connectivity index (χ0v) is 18.5. The summed E-state index contributed by atoms with van der Waals surface area (Å²) in [7, 11) is 3.42. The van der Waals surface area contributed by atoms with Crippen molar-refractivity contribution in [2.75, 3.05) is 18.1 Å². The Hall–Kier alpha value is -0.360. The zero-order chi connectivity index (χ0) is 19.6. The molecule has 1 aliphatic rings. The number of carboxylic acid groups (broad SMARTS) is 1. The molecular formula is C21H39NO3S2. The largest absolute Gasteiger partial charge is 0.481 e. The fourth-order valence-electron chi connectivity index (χ4n) is 3.60. The Kier molecular flexibility index (Phi) is 16.2. The van der Waals surface area contributed by atoms with Gasteiger partial charge >= 0.3 is 5.97 Å². The molecular weight excluding hydrogens is 378 g/mol. The molecule has 1 aliphatic carbocycles. The molecule has 0 aromatic carbocycles. The fraction of sp³-hybridized carbons (Fsp3) is 0.905. The van der Waals surface area contributed by atoms with Crippen LogP contribution in [0.25, 0.3) is 0 Å². The summed E-state index contributed by atoms with van der Waals surface area (Å²) >= 11 is 0. The van der Waals surface area contributed by atoms with Gasteiger partial charge in [0.15, 0.2) is 0 Å². The number of aliphatic carboxylic acids is 1. The van der Waals surface area contributed by atoms with Gasteiger partial charge < -0.3 is 10.4 Å². The Labute approximate surface area is 173 Å². The molecule has 1 saturated carbocycles. The third-order valence-electron chi connectivity index (χ3n) is 5.16. The molecule has 6 heteroatoms. The van der Waals surface area contributed by atoms with E-state index >= 15 is 0 Å². The van der Waals surface area contributed by atoms with Crippen LogP contribution in [0.5, 0.6) is 0 Å². The van der Waals surface area contributed by atoms with Gasteiger partial charge in [-0.05, 0) is 25.2 Å². The van der Waals surface area contributed by atoms with Crippen LogP contribution in [0.2, 0.25) is 0 Å². The van der Waals surface area contributed by atoms with Crippen LogP contribution in [0.1, 0.15) is 96.3 Å². The van der Waals surface area contributed by atoms with Gasteiger partial charge in [-0.25, -0.2) is 0 Å². The van der Waals surface area contributed by atoms with E-state index in [4.69, 9.17) is 5.11 Å². The predicted molar refractivity (Wildman–Crippen MR) is 118 cm³/mol. The number of hydrogen-bond acceptors (Lipinski definition) is 4. The fourth-order valence-corrected chi connectivity index (χ4v) is 5.59. The Bertz CT molecular complexity index is 380.